The van der Waals surface area contributed by atoms with E-state index in [1.54, 1.807) is 24.5 Å². The maximum absolute atomic E-state index is 11.9. The third-order valence-corrected chi connectivity index (χ3v) is 3.75. The monoisotopic (exact) mass is 303 g/mol. The number of carbonyl (C=O) groups is 1. The molecule has 3 atom stereocenters. The average molecular weight is 303 g/mol. The molecule has 1 saturated heterocycles. The standard InChI is InChI=1S/C17H25N3O2/c1-13(20-11-14(2)22-15(3)12-20)9-19-17(21)7-6-16-5-4-8-18-10-16/h4-8,10,13-15H,9,11-12H2,1-3H3,(H,19,21)/b7-6-/t13-,14-,15-/m1/s1. The number of rotatable bonds is 5. The zero-order valence-corrected chi connectivity index (χ0v) is 13.5. The molecule has 1 fully saturated rings. The molecular formula is C17H25N3O2. The Hall–Kier alpha value is -1.72. The number of amides is 1. The molecule has 5 heteroatoms. The van der Waals surface area contributed by atoms with Crippen molar-refractivity contribution < 1.29 is 9.53 Å². The fourth-order valence-electron chi connectivity index (χ4n) is 2.66. The maximum atomic E-state index is 11.9. The van der Waals surface area contributed by atoms with Crippen LogP contribution < -0.4 is 5.32 Å². The Morgan fingerprint density at radius 3 is 2.86 bits per heavy atom. The van der Waals surface area contributed by atoms with E-state index in [0.29, 0.717) is 12.6 Å². The van der Waals surface area contributed by atoms with E-state index in [0.717, 1.165) is 18.7 Å². The second kappa shape index (κ2) is 8.06. The smallest absolute Gasteiger partial charge is 0.244 e. The van der Waals surface area contributed by atoms with E-state index in [1.165, 1.54) is 0 Å². The zero-order chi connectivity index (χ0) is 15.9. The van der Waals surface area contributed by atoms with Gasteiger partial charge < -0.3 is 10.1 Å². The number of pyridine rings is 1. The summed E-state index contributed by atoms with van der Waals surface area (Å²) in [5.74, 6) is -0.0786. The number of morpholine rings is 1. The lowest BCUT2D eigenvalue weighted by Crippen LogP contribution is -2.52. The molecule has 22 heavy (non-hydrogen) atoms. The van der Waals surface area contributed by atoms with Crippen molar-refractivity contribution in [3.05, 3.63) is 36.2 Å². The van der Waals surface area contributed by atoms with E-state index < -0.39 is 0 Å². The molecule has 0 bridgehead atoms. The number of nitrogens with one attached hydrogen (secondary N) is 1. The lowest BCUT2D eigenvalue weighted by molar-refractivity contribution is -0.117. The third kappa shape index (κ3) is 5.24. The zero-order valence-electron chi connectivity index (χ0n) is 13.5. The largest absolute Gasteiger partial charge is 0.373 e. The van der Waals surface area contributed by atoms with E-state index in [2.05, 4.69) is 36.0 Å². The second-order valence-electron chi connectivity index (χ2n) is 5.93. The number of nitrogens with zero attached hydrogens (tertiary/aromatic N) is 2. The summed E-state index contributed by atoms with van der Waals surface area (Å²) in [7, 11) is 0. The molecule has 5 nitrogen and oxygen atoms in total. The van der Waals surface area contributed by atoms with Crippen molar-refractivity contribution in [3.63, 3.8) is 0 Å². The van der Waals surface area contributed by atoms with Crippen LogP contribution in [0.5, 0.6) is 0 Å². The van der Waals surface area contributed by atoms with Crippen LogP contribution >= 0.6 is 0 Å². The van der Waals surface area contributed by atoms with E-state index in [4.69, 9.17) is 4.74 Å². The maximum Gasteiger partial charge on any atom is 0.244 e. The van der Waals surface area contributed by atoms with Gasteiger partial charge in [-0.25, -0.2) is 0 Å². The Bertz CT molecular complexity index is 494. The molecule has 0 aliphatic carbocycles. The van der Waals surface area contributed by atoms with Crippen LogP contribution in [0.3, 0.4) is 0 Å². The van der Waals surface area contributed by atoms with Crippen LogP contribution in [0, 0.1) is 0 Å². The first kappa shape index (κ1) is 16.6. The molecular weight excluding hydrogens is 278 g/mol. The molecule has 1 aromatic heterocycles. The number of ether oxygens (including phenoxy) is 1. The van der Waals surface area contributed by atoms with Gasteiger partial charge in [-0.3, -0.25) is 14.7 Å². The molecule has 0 unspecified atom stereocenters. The van der Waals surface area contributed by atoms with E-state index in [-0.39, 0.29) is 18.1 Å². The minimum atomic E-state index is -0.0786. The highest BCUT2D eigenvalue weighted by atomic mass is 16.5. The Labute approximate surface area is 132 Å². The Balaban J connectivity index is 1.77. The van der Waals surface area contributed by atoms with Crippen LogP contribution in [-0.2, 0) is 9.53 Å². The van der Waals surface area contributed by atoms with Gasteiger partial charge in [-0.2, -0.15) is 0 Å². The van der Waals surface area contributed by atoms with Crippen molar-refractivity contribution >= 4 is 12.0 Å². The molecule has 1 amide bonds. The molecule has 2 rings (SSSR count). The molecule has 120 valence electrons. The minimum Gasteiger partial charge on any atom is -0.373 e. The normalized spacial score (nSPS) is 24.3. The first-order valence-corrected chi connectivity index (χ1v) is 7.80. The molecule has 1 N–H and O–H groups in total. The average Bonchev–Trinajstić information content (AvgIpc) is 2.50. The van der Waals surface area contributed by atoms with Crippen molar-refractivity contribution in [2.24, 2.45) is 0 Å². The summed E-state index contributed by atoms with van der Waals surface area (Å²) in [5, 5.41) is 2.95. The highest BCUT2D eigenvalue weighted by Crippen LogP contribution is 2.13. The van der Waals surface area contributed by atoms with E-state index in [1.807, 2.05) is 12.1 Å². The highest BCUT2D eigenvalue weighted by molar-refractivity contribution is 5.91. The fourth-order valence-corrected chi connectivity index (χ4v) is 2.66. The SMILES string of the molecule is C[C@@H]1CN([C@H](C)CNC(=O)/C=C\c2cccnc2)C[C@@H](C)O1. The highest BCUT2D eigenvalue weighted by Gasteiger charge is 2.25. The van der Waals surface area contributed by atoms with Crippen molar-refractivity contribution in [1.29, 1.82) is 0 Å². The van der Waals surface area contributed by atoms with Gasteiger partial charge in [0.15, 0.2) is 0 Å². The molecule has 0 radical (unpaired) electrons. The Morgan fingerprint density at radius 2 is 2.23 bits per heavy atom. The van der Waals surface area contributed by atoms with Gasteiger partial charge in [0.1, 0.15) is 0 Å². The van der Waals surface area contributed by atoms with E-state index >= 15 is 0 Å². The number of hydrogen-bond acceptors (Lipinski definition) is 4. The molecule has 0 saturated carbocycles. The van der Waals surface area contributed by atoms with Gasteiger partial charge in [0.2, 0.25) is 5.91 Å². The van der Waals surface area contributed by atoms with Gasteiger partial charge in [0, 0.05) is 44.1 Å². The summed E-state index contributed by atoms with van der Waals surface area (Å²) in [6.07, 6.45) is 7.24. The van der Waals surface area contributed by atoms with Gasteiger partial charge in [0.25, 0.3) is 0 Å². The predicted octanol–water partition coefficient (Wildman–Crippen LogP) is 1.71. The van der Waals surface area contributed by atoms with Crippen molar-refractivity contribution in [3.8, 4) is 0 Å². The van der Waals surface area contributed by atoms with Crippen LogP contribution in [0.4, 0.5) is 0 Å². The Kier molecular flexibility index (Phi) is 6.10. The Morgan fingerprint density at radius 1 is 1.50 bits per heavy atom. The summed E-state index contributed by atoms with van der Waals surface area (Å²) in [5.41, 5.74) is 0.918. The van der Waals surface area contributed by atoms with Crippen LogP contribution in [0.15, 0.2) is 30.6 Å². The lowest BCUT2D eigenvalue weighted by atomic mass is 10.1. The molecule has 1 aliphatic heterocycles. The van der Waals surface area contributed by atoms with Crippen molar-refractivity contribution in [2.75, 3.05) is 19.6 Å². The van der Waals surface area contributed by atoms with Crippen LogP contribution in [0.25, 0.3) is 6.08 Å². The van der Waals surface area contributed by atoms with Crippen molar-refractivity contribution in [2.45, 2.75) is 39.0 Å². The summed E-state index contributed by atoms with van der Waals surface area (Å²) in [4.78, 5) is 18.2. The van der Waals surface area contributed by atoms with Gasteiger partial charge in [0.05, 0.1) is 12.2 Å². The minimum absolute atomic E-state index is 0.0786. The second-order valence-corrected chi connectivity index (χ2v) is 5.93. The summed E-state index contributed by atoms with van der Waals surface area (Å²) in [6.45, 7) is 8.76. The van der Waals surface area contributed by atoms with Gasteiger partial charge in [-0.15, -0.1) is 0 Å². The first-order chi connectivity index (χ1) is 10.5. The van der Waals surface area contributed by atoms with Crippen molar-refractivity contribution in [1.82, 2.24) is 15.2 Å². The van der Waals surface area contributed by atoms with E-state index in [9.17, 15) is 4.79 Å². The number of aromatic nitrogens is 1. The summed E-state index contributed by atoms with van der Waals surface area (Å²) < 4.78 is 5.73. The predicted molar refractivity (Wildman–Crippen MR) is 87.3 cm³/mol. The summed E-state index contributed by atoms with van der Waals surface area (Å²) >= 11 is 0. The molecule has 0 spiro atoms. The van der Waals surface area contributed by atoms with Crippen LogP contribution in [0.2, 0.25) is 0 Å². The first-order valence-electron chi connectivity index (χ1n) is 7.80. The van der Waals surface area contributed by atoms with Gasteiger partial charge >= 0.3 is 0 Å². The van der Waals surface area contributed by atoms with Gasteiger partial charge in [-0.05, 0) is 38.5 Å². The number of hydrogen-bond donors (Lipinski definition) is 1. The number of carbonyl (C=O) groups excluding carboxylic acids is 1. The molecule has 2 heterocycles. The fraction of sp³-hybridized carbons (Fsp3) is 0.529. The lowest BCUT2D eigenvalue weighted by Gasteiger charge is -2.38. The quantitative estimate of drug-likeness (QED) is 0.841. The molecule has 1 aliphatic rings. The summed E-state index contributed by atoms with van der Waals surface area (Å²) in [6, 6.07) is 4.06. The molecule has 1 aromatic rings. The third-order valence-electron chi connectivity index (χ3n) is 3.75. The van der Waals surface area contributed by atoms with Crippen LogP contribution in [0.1, 0.15) is 26.3 Å². The topological polar surface area (TPSA) is 54.5 Å². The molecule has 0 aromatic carbocycles. The van der Waals surface area contributed by atoms with Gasteiger partial charge in [-0.1, -0.05) is 6.07 Å². The van der Waals surface area contributed by atoms with Crippen LogP contribution in [-0.4, -0.2) is 53.7 Å².